The minimum absolute atomic E-state index is 0.253. The van der Waals surface area contributed by atoms with Crippen molar-refractivity contribution in [3.63, 3.8) is 0 Å². The highest BCUT2D eigenvalue weighted by Gasteiger charge is 2.10. The second-order valence-corrected chi connectivity index (χ2v) is 5.52. The number of nitrogens with zero attached hydrogens (tertiary/aromatic N) is 3. The lowest BCUT2D eigenvalue weighted by Gasteiger charge is -2.10. The maximum atomic E-state index is 11.0. The van der Waals surface area contributed by atoms with Gasteiger partial charge in [-0.05, 0) is 24.3 Å². The van der Waals surface area contributed by atoms with Gasteiger partial charge in [0, 0.05) is 29.2 Å². The van der Waals surface area contributed by atoms with Crippen LogP contribution in [0.4, 0.5) is 0 Å². The molecule has 6 heteroatoms. The number of carboxylic acids is 1. The van der Waals surface area contributed by atoms with Gasteiger partial charge >= 0.3 is 5.97 Å². The molecule has 4 aromatic rings. The maximum Gasteiger partial charge on any atom is 0.335 e. The molecular weight excluding hydrogens is 316 g/mol. The number of carbonyl (C=O) groups is 1. The van der Waals surface area contributed by atoms with Crippen molar-refractivity contribution in [2.45, 2.75) is 0 Å². The first kappa shape index (κ1) is 14.9. The summed E-state index contributed by atoms with van der Waals surface area (Å²) in [5.74, 6) is -0.194. The van der Waals surface area contributed by atoms with Gasteiger partial charge in [-0.2, -0.15) is 0 Å². The summed E-state index contributed by atoms with van der Waals surface area (Å²) in [6.07, 6.45) is 7.03. The van der Waals surface area contributed by atoms with Gasteiger partial charge in [0.15, 0.2) is 0 Å². The highest BCUT2D eigenvalue weighted by Crippen LogP contribution is 2.25. The number of hydrogen-bond donors (Lipinski definition) is 2. The quantitative estimate of drug-likeness (QED) is 0.598. The van der Waals surface area contributed by atoms with Gasteiger partial charge < -0.3 is 10.1 Å². The average molecular weight is 330 g/mol. The predicted octanol–water partition coefficient (Wildman–Crippen LogP) is 3.63. The summed E-state index contributed by atoms with van der Waals surface area (Å²) in [7, 11) is 0. The van der Waals surface area contributed by atoms with Crippen molar-refractivity contribution in [1.82, 2.24) is 19.5 Å². The van der Waals surface area contributed by atoms with Gasteiger partial charge in [0.25, 0.3) is 0 Å². The number of aromatic amines is 1. The summed E-state index contributed by atoms with van der Waals surface area (Å²) in [6, 6.07) is 14.7. The first-order chi connectivity index (χ1) is 12.2. The third-order valence-electron chi connectivity index (χ3n) is 3.96. The Hall–Kier alpha value is -3.67. The largest absolute Gasteiger partial charge is 0.478 e. The van der Waals surface area contributed by atoms with Crippen molar-refractivity contribution < 1.29 is 9.90 Å². The zero-order valence-corrected chi connectivity index (χ0v) is 13.1. The molecule has 0 spiro atoms. The normalized spacial score (nSPS) is 10.7. The summed E-state index contributed by atoms with van der Waals surface area (Å²) in [6.45, 7) is 0. The second-order valence-electron chi connectivity index (χ2n) is 5.52. The maximum absolute atomic E-state index is 11.0. The van der Waals surface area contributed by atoms with Crippen LogP contribution in [-0.4, -0.2) is 30.6 Å². The van der Waals surface area contributed by atoms with Crippen LogP contribution in [0.1, 0.15) is 10.4 Å². The number of imidazole rings is 2. The fourth-order valence-corrected chi connectivity index (χ4v) is 2.72. The molecule has 0 fully saturated rings. The van der Waals surface area contributed by atoms with Crippen LogP contribution in [0.5, 0.6) is 0 Å². The van der Waals surface area contributed by atoms with Gasteiger partial charge in [0.05, 0.1) is 23.8 Å². The Kier molecular flexibility index (Phi) is 3.63. The number of nitrogens with one attached hydrogen (secondary N) is 1. The molecule has 0 radical (unpaired) electrons. The van der Waals surface area contributed by atoms with E-state index in [1.807, 2.05) is 35.0 Å². The van der Waals surface area contributed by atoms with E-state index in [9.17, 15) is 4.79 Å². The Labute approximate surface area is 143 Å². The van der Waals surface area contributed by atoms with E-state index >= 15 is 0 Å². The van der Waals surface area contributed by atoms with E-state index in [1.54, 1.807) is 43.0 Å². The van der Waals surface area contributed by atoms with Gasteiger partial charge in [-0.1, -0.05) is 24.3 Å². The van der Waals surface area contributed by atoms with E-state index in [-0.39, 0.29) is 5.56 Å². The molecule has 0 saturated heterocycles. The molecular formula is C19H14N4O2. The number of H-pyrrole nitrogens is 1. The molecule has 4 rings (SSSR count). The lowest BCUT2D eigenvalue weighted by Crippen LogP contribution is -1.98. The molecule has 0 saturated carbocycles. The number of aromatic carboxylic acids is 1. The first-order valence-corrected chi connectivity index (χ1v) is 7.68. The standard InChI is InChI=1S/C19H14N4O2/c24-19(25)14-6-4-13(5-7-14)18-21-8-9-23(18)16-3-1-2-15(10-16)17-11-20-12-22-17/h1-12H,(H,20,22)(H,24,25). The van der Waals surface area contributed by atoms with Crippen molar-refractivity contribution in [2.24, 2.45) is 0 Å². The van der Waals surface area contributed by atoms with E-state index in [0.717, 1.165) is 28.3 Å². The predicted molar refractivity (Wildman–Crippen MR) is 93.5 cm³/mol. The molecule has 0 aliphatic heterocycles. The Bertz CT molecular complexity index is 1020. The summed E-state index contributed by atoms with van der Waals surface area (Å²) >= 11 is 0. The Morgan fingerprint density at radius 3 is 2.64 bits per heavy atom. The van der Waals surface area contributed by atoms with Gasteiger partial charge in [-0.25, -0.2) is 14.8 Å². The summed E-state index contributed by atoms with van der Waals surface area (Å²) in [5, 5.41) is 9.03. The fraction of sp³-hybridized carbons (Fsp3) is 0. The van der Waals surface area contributed by atoms with Crippen LogP contribution in [0.15, 0.2) is 73.4 Å². The number of carboxylic acid groups (broad SMARTS) is 1. The highest BCUT2D eigenvalue weighted by molar-refractivity contribution is 5.88. The molecule has 0 aliphatic rings. The topological polar surface area (TPSA) is 83.8 Å². The lowest BCUT2D eigenvalue weighted by molar-refractivity contribution is 0.0697. The Balaban J connectivity index is 1.75. The molecule has 0 unspecified atom stereocenters. The molecule has 2 aromatic carbocycles. The van der Waals surface area contributed by atoms with Gasteiger partial charge in [-0.3, -0.25) is 4.57 Å². The molecule has 25 heavy (non-hydrogen) atoms. The van der Waals surface area contributed by atoms with Crippen LogP contribution in [-0.2, 0) is 0 Å². The number of aromatic nitrogens is 4. The van der Waals surface area contributed by atoms with Crippen molar-refractivity contribution in [3.8, 4) is 28.3 Å². The third kappa shape index (κ3) is 2.81. The first-order valence-electron chi connectivity index (χ1n) is 7.68. The van der Waals surface area contributed by atoms with Gasteiger partial charge in [-0.15, -0.1) is 0 Å². The van der Waals surface area contributed by atoms with Crippen LogP contribution in [0.25, 0.3) is 28.3 Å². The zero-order chi connectivity index (χ0) is 17.2. The summed E-state index contributed by atoms with van der Waals surface area (Å²) in [5.41, 5.74) is 4.03. The van der Waals surface area contributed by atoms with E-state index in [0.29, 0.717) is 0 Å². The Morgan fingerprint density at radius 2 is 1.92 bits per heavy atom. The van der Waals surface area contributed by atoms with Crippen molar-refractivity contribution >= 4 is 5.97 Å². The zero-order valence-electron chi connectivity index (χ0n) is 13.1. The van der Waals surface area contributed by atoms with Crippen molar-refractivity contribution in [1.29, 1.82) is 0 Å². The van der Waals surface area contributed by atoms with E-state index in [4.69, 9.17) is 5.11 Å². The van der Waals surface area contributed by atoms with Crippen molar-refractivity contribution in [3.05, 3.63) is 79.0 Å². The third-order valence-corrected chi connectivity index (χ3v) is 3.96. The SMILES string of the molecule is O=C(O)c1ccc(-c2nccn2-c2cccc(-c3cnc[nH]3)c2)cc1. The highest BCUT2D eigenvalue weighted by atomic mass is 16.4. The monoisotopic (exact) mass is 330 g/mol. The van der Waals surface area contributed by atoms with E-state index in [2.05, 4.69) is 15.0 Å². The molecule has 2 N–H and O–H groups in total. The molecule has 2 heterocycles. The average Bonchev–Trinajstić information content (AvgIpc) is 3.34. The molecule has 0 amide bonds. The van der Waals surface area contributed by atoms with E-state index in [1.165, 1.54) is 0 Å². The molecule has 0 aliphatic carbocycles. The lowest BCUT2D eigenvalue weighted by atomic mass is 10.1. The van der Waals surface area contributed by atoms with Crippen LogP contribution >= 0.6 is 0 Å². The molecule has 2 aromatic heterocycles. The molecule has 122 valence electrons. The van der Waals surface area contributed by atoms with Crippen LogP contribution in [0.2, 0.25) is 0 Å². The van der Waals surface area contributed by atoms with Gasteiger partial charge in [0.1, 0.15) is 5.82 Å². The van der Waals surface area contributed by atoms with Gasteiger partial charge in [0.2, 0.25) is 0 Å². The van der Waals surface area contributed by atoms with Crippen LogP contribution in [0.3, 0.4) is 0 Å². The minimum Gasteiger partial charge on any atom is -0.478 e. The number of hydrogen-bond acceptors (Lipinski definition) is 3. The summed E-state index contributed by atoms with van der Waals surface area (Å²) in [4.78, 5) is 22.6. The molecule has 0 bridgehead atoms. The summed E-state index contributed by atoms with van der Waals surface area (Å²) < 4.78 is 1.97. The minimum atomic E-state index is -0.942. The fourth-order valence-electron chi connectivity index (χ4n) is 2.72. The number of rotatable bonds is 4. The number of benzene rings is 2. The van der Waals surface area contributed by atoms with Crippen molar-refractivity contribution in [2.75, 3.05) is 0 Å². The molecule has 0 atom stereocenters. The molecule has 6 nitrogen and oxygen atoms in total. The van der Waals surface area contributed by atoms with Crippen LogP contribution in [0, 0.1) is 0 Å². The smallest absolute Gasteiger partial charge is 0.335 e. The Morgan fingerprint density at radius 1 is 1.08 bits per heavy atom. The van der Waals surface area contributed by atoms with Crippen LogP contribution < -0.4 is 0 Å². The van der Waals surface area contributed by atoms with E-state index < -0.39 is 5.97 Å². The second kappa shape index (κ2) is 6.09.